The zero-order valence-corrected chi connectivity index (χ0v) is 29.5. The van der Waals surface area contributed by atoms with Gasteiger partial charge < -0.3 is 29.7 Å². The second-order valence-corrected chi connectivity index (χ2v) is 13.9. The van der Waals surface area contributed by atoms with E-state index >= 15 is 0 Å². The van der Waals surface area contributed by atoms with Gasteiger partial charge in [0.05, 0.1) is 24.0 Å². The van der Waals surface area contributed by atoms with E-state index in [9.17, 15) is 24.3 Å². The summed E-state index contributed by atoms with van der Waals surface area (Å²) in [5, 5.41) is 12.4. The third-order valence-corrected chi connectivity index (χ3v) is 10.4. The number of esters is 1. The number of aliphatic hydroxyl groups excluding tert-OH is 1. The fourth-order valence-electron chi connectivity index (χ4n) is 8.05. The first kappa shape index (κ1) is 37.0. The molecule has 0 aliphatic carbocycles. The third kappa shape index (κ3) is 7.28. The van der Waals surface area contributed by atoms with Crippen LogP contribution in [0.15, 0.2) is 73.8 Å². The Hall–Kier alpha value is -4.28. The first-order chi connectivity index (χ1) is 24.1. The van der Waals surface area contributed by atoms with Crippen molar-refractivity contribution in [2.24, 2.45) is 11.8 Å². The number of aryl methyl sites for hydroxylation is 2. The van der Waals surface area contributed by atoms with E-state index in [4.69, 9.17) is 9.47 Å². The highest BCUT2D eigenvalue weighted by molar-refractivity contribution is 6.05. The molecule has 10 nitrogen and oxygen atoms in total. The number of unbranched alkanes of at least 4 members (excludes halogenated alkanes) is 2. The molecule has 10 heteroatoms. The Labute approximate surface area is 295 Å². The zero-order valence-electron chi connectivity index (χ0n) is 29.5. The van der Waals surface area contributed by atoms with Crippen LogP contribution >= 0.6 is 0 Å². The highest BCUT2D eigenvalue weighted by atomic mass is 16.6. The van der Waals surface area contributed by atoms with Gasteiger partial charge in [0.25, 0.3) is 5.91 Å². The van der Waals surface area contributed by atoms with Crippen LogP contribution in [0, 0.1) is 25.7 Å². The Bertz CT molecular complexity index is 1580. The smallest absolute Gasteiger partial charge is 0.313 e. The Morgan fingerprint density at radius 2 is 1.88 bits per heavy atom. The molecule has 0 aromatic heterocycles. The molecule has 3 fully saturated rings. The highest BCUT2D eigenvalue weighted by Crippen LogP contribution is 2.59. The van der Waals surface area contributed by atoms with E-state index in [1.165, 1.54) is 0 Å². The largest absolute Gasteiger partial charge is 0.455 e. The van der Waals surface area contributed by atoms with Crippen LogP contribution in [0.2, 0.25) is 0 Å². The number of hydrogen-bond donors (Lipinski definition) is 2. The lowest BCUT2D eigenvalue weighted by Gasteiger charge is -2.37. The van der Waals surface area contributed by atoms with Crippen molar-refractivity contribution in [1.82, 2.24) is 10.2 Å². The minimum Gasteiger partial charge on any atom is -0.455 e. The fourth-order valence-corrected chi connectivity index (χ4v) is 8.05. The summed E-state index contributed by atoms with van der Waals surface area (Å²) < 4.78 is 13.0. The first-order valence-corrected chi connectivity index (χ1v) is 17.8. The summed E-state index contributed by atoms with van der Waals surface area (Å²) in [5.41, 5.74) is 2.15. The maximum Gasteiger partial charge on any atom is 0.313 e. The number of aliphatic hydroxyl groups is 1. The molecule has 7 atom stereocenters. The molecule has 50 heavy (non-hydrogen) atoms. The van der Waals surface area contributed by atoms with Gasteiger partial charge in [0.1, 0.15) is 17.7 Å². The maximum atomic E-state index is 14.9. The van der Waals surface area contributed by atoms with Crippen molar-refractivity contribution >= 4 is 29.4 Å². The molecule has 1 spiro atoms. The number of nitrogens with zero attached hydrogens (tertiary/aromatic N) is 2. The molecule has 2 aromatic rings. The van der Waals surface area contributed by atoms with Gasteiger partial charge in [-0.3, -0.25) is 19.2 Å². The molecule has 0 unspecified atom stereocenters. The lowest BCUT2D eigenvalue weighted by Crippen LogP contribution is -2.56. The van der Waals surface area contributed by atoms with Crippen LogP contribution in [0.4, 0.5) is 5.69 Å². The number of ether oxygens (including phenoxy) is 2. The number of fused-ring (bicyclic) bond motifs is 1. The topological polar surface area (TPSA) is 125 Å². The number of allylic oxidation sites excluding steroid dienone is 1. The Kier molecular flexibility index (Phi) is 12.0. The molecule has 5 rings (SSSR count). The number of anilines is 1. The van der Waals surface area contributed by atoms with Crippen molar-refractivity contribution in [1.29, 1.82) is 0 Å². The average Bonchev–Trinajstić information content (AvgIpc) is 3.75. The molecule has 2 N–H and O–H groups in total. The van der Waals surface area contributed by atoms with Gasteiger partial charge in [-0.05, 0) is 82.1 Å². The number of likely N-dealkylation sites (tertiary alicyclic amines) is 1. The molecule has 0 radical (unpaired) electrons. The average molecular weight is 686 g/mol. The van der Waals surface area contributed by atoms with Gasteiger partial charge in [-0.25, -0.2) is 0 Å². The van der Waals surface area contributed by atoms with Crippen LogP contribution in [0.1, 0.15) is 74.7 Å². The molecular weight excluding hydrogens is 634 g/mol. The normalized spacial score (nSPS) is 24.7. The maximum absolute atomic E-state index is 14.9. The number of amides is 3. The summed E-state index contributed by atoms with van der Waals surface area (Å²) in [4.78, 5) is 59.8. The molecule has 3 heterocycles. The van der Waals surface area contributed by atoms with Gasteiger partial charge >= 0.3 is 5.97 Å². The van der Waals surface area contributed by atoms with Crippen LogP contribution in [-0.2, 0) is 28.7 Å². The molecule has 0 saturated carbocycles. The quantitative estimate of drug-likeness (QED) is 0.135. The Morgan fingerprint density at radius 1 is 1.12 bits per heavy atom. The number of carbonyl (C=O) groups is 4. The summed E-state index contributed by atoms with van der Waals surface area (Å²) >= 11 is 0. The van der Waals surface area contributed by atoms with Crippen LogP contribution in [0.3, 0.4) is 0 Å². The van der Waals surface area contributed by atoms with Gasteiger partial charge in [0.15, 0.2) is 0 Å². The van der Waals surface area contributed by atoms with E-state index in [2.05, 4.69) is 18.5 Å². The van der Waals surface area contributed by atoms with Crippen molar-refractivity contribution < 1.29 is 33.8 Å². The summed E-state index contributed by atoms with van der Waals surface area (Å²) in [6, 6.07) is 13.6. The Balaban J connectivity index is 1.48. The van der Waals surface area contributed by atoms with Crippen molar-refractivity contribution in [3.05, 3.63) is 90.5 Å². The van der Waals surface area contributed by atoms with E-state index in [0.29, 0.717) is 50.6 Å². The second-order valence-electron chi connectivity index (χ2n) is 13.9. The predicted octanol–water partition coefficient (Wildman–Crippen LogP) is 5.12. The van der Waals surface area contributed by atoms with Gasteiger partial charge in [-0.15, -0.1) is 13.2 Å². The minimum atomic E-state index is -1.20. The molecular formula is C40H51N3O7. The lowest BCUT2D eigenvalue weighted by atomic mass is 9.70. The SMILES string of the molecule is C=CCCC(=O)N[C@@H](C)[C@H](OC(=O)[C@@H]1[C@@H]2CC[C@]3(O2)[C@H](C(=O)N(CC=C)c2cc(C)ccc2C)N(CCCCCO)C(=O)[C@@H]13)c1ccccc1. The molecule has 3 aliphatic heterocycles. The van der Waals surface area contributed by atoms with E-state index in [1.54, 1.807) is 28.9 Å². The van der Waals surface area contributed by atoms with E-state index < -0.39 is 47.7 Å². The molecule has 3 saturated heterocycles. The number of rotatable bonds is 17. The fraction of sp³-hybridized carbons (Fsp3) is 0.500. The van der Waals surface area contributed by atoms with Crippen LogP contribution in [0.25, 0.3) is 0 Å². The third-order valence-electron chi connectivity index (χ3n) is 10.4. The van der Waals surface area contributed by atoms with Crippen molar-refractivity contribution in [3.63, 3.8) is 0 Å². The number of hydrogen-bond acceptors (Lipinski definition) is 7. The molecule has 3 amide bonds. The van der Waals surface area contributed by atoms with Gasteiger partial charge in [0.2, 0.25) is 11.8 Å². The molecule has 2 bridgehead atoms. The highest BCUT2D eigenvalue weighted by Gasteiger charge is 2.75. The number of benzene rings is 2. The van der Waals surface area contributed by atoms with E-state index in [1.807, 2.05) is 62.4 Å². The van der Waals surface area contributed by atoms with Crippen molar-refractivity contribution in [2.45, 2.75) is 95.6 Å². The van der Waals surface area contributed by atoms with E-state index in [-0.39, 0.29) is 37.3 Å². The van der Waals surface area contributed by atoms with Crippen molar-refractivity contribution in [2.75, 3.05) is 24.6 Å². The predicted molar refractivity (Wildman–Crippen MR) is 191 cm³/mol. The standard InChI is InChI=1S/C40H51N3O7/c1-6-8-17-32(45)41-28(5)35(29-15-11-9-12-16-29)49-39(48)33-31-20-21-40(50-31)34(33)37(46)43(23-13-10-14-24-44)36(40)38(47)42(22-7-2)30-25-26(3)18-19-27(30)4/h6-7,9,11-12,15-16,18-19,25,28,31,33-36,44H,1-2,8,10,13-14,17,20-24H2,3-5H3,(H,41,45)/t28-,31-,33+,34+,35-,36-,40+/m0/s1. The molecule has 268 valence electrons. The first-order valence-electron chi connectivity index (χ1n) is 17.8. The van der Waals surface area contributed by atoms with Gasteiger partial charge in [-0.1, -0.05) is 54.6 Å². The minimum absolute atomic E-state index is 0.0387. The monoisotopic (exact) mass is 685 g/mol. The van der Waals surface area contributed by atoms with Crippen LogP contribution in [0.5, 0.6) is 0 Å². The lowest BCUT2D eigenvalue weighted by molar-refractivity contribution is -0.162. The van der Waals surface area contributed by atoms with Gasteiger partial charge in [-0.2, -0.15) is 0 Å². The summed E-state index contributed by atoms with van der Waals surface area (Å²) in [6.45, 7) is 13.9. The molecule has 2 aromatic carbocycles. The summed E-state index contributed by atoms with van der Waals surface area (Å²) in [7, 11) is 0. The van der Waals surface area contributed by atoms with E-state index in [0.717, 1.165) is 16.8 Å². The summed E-state index contributed by atoms with van der Waals surface area (Å²) in [5.74, 6) is -3.16. The van der Waals surface area contributed by atoms with Crippen LogP contribution < -0.4 is 10.2 Å². The summed E-state index contributed by atoms with van der Waals surface area (Å²) in [6.07, 6.45) is 5.51. The van der Waals surface area contributed by atoms with Gasteiger partial charge in [0, 0.05) is 31.8 Å². The Morgan fingerprint density at radius 3 is 2.58 bits per heavy atom. The number of nitrogens with one attached hydrogen (secondary N) is 1. The van der Waals surface area contributed by atoms with Crippen molar-refractivity contribution in [3.8, 4) is 0 Å². The molecule has 3 aliphatic rings. The van der Waals surface area contributed by atoms with Crippen LogP contribution in [-0.4, -0.2) is 77.2 Å². The number of carbonyl (C=O) groups excluding carboxylic acids is 4. The second kappa shape index (κ2) is 16.2. The zero-order chi connectivity index (χ0) is 36.0.